The monoisotopic (exact) mass is 483 g/mol. The molecule has 10 heteroatoms. The van der Waals surface area contributed by atoms with Gasteiger partial charge in [0.2, 0.25) is 17.6 Å². The molecule has 1 N–H and O–H groups in total. The van der Waals surface area contributed by atoms with Crippen molar-refractivity contribution in [2.24, 2.45) is 0 Å². The minimum Gasteiger partial charge on any atom is -0.493 e. The van der Waals surface area contributed by atoms with E-state index >= 15 is 0 Å². The maximum Gasteiger partial charge on any atom is 0.245 e. The summed E-state index contributed by atoms with van der Waals surface area (Å²) in [5.41, 5.74) is 1.53. The molecule has 34 heavy (non-hydrogen) atoms. The zero-order valence-corrected chi connectivity index (χ0v) is 20.1. The van der Waals surface area contributed by atoms with Gasteiger partial charge in [-0.25, -0.2) is 0 Å². The number of hydrogen-bond acceptors (Lipinski definition) is 8. The van der Waals surface area contributed by atoms with Gasteiger partial charge in [0.05, 0.1) is 27.0 Å². The van der Waals surface area contributed by atoms with E-state index in [1.807, 2.05) is 36.4 Å². The molecule has 1 atom stereocenters. The molecule has 9 nitrogen and oxygen atoms in total. The largest absolute Gasteiger partial charge is 0.493 e. The predicted octanol–water partition coefficient (Wildman–Crippen LogP) is 4.22. The minimum atomic E-state index is -0.368. The Bertz CT molecular complexity index is 1190. The number of nitrogens with one attached hydrogen (secondary N) is 1. The van der Waals surface area contributed by atoms with Crippen LogP contribution in [-0.2, 0) is 9.59 Å². The van der Waals surface area contributed by atoms with Crippen molar-refractivity contribution in [2.45, 2.75) is 23.5 Å². The number of anilines is 2. The number of hydrogen-bond donors (Lipinski definition) is 1. The molecule has 2 aromatic carbocycles. The first kappa shape index (κ1) is 23.5. The molecule has 2 amide bonds. The summed E-state index contributed by atoms with van der Waals surface area (Å²) in [7, 11) is 4.65. The highest BCUT2D eigenvalue weighted by molar-refractivity contribution is 7.99. The molecule has 0 saturated heterocycles. The molecular weight excluding hydrogens is 458 g/mol. The molecule has 178 valence electrons. The molecule has 0 aliphatic carbocycles. The van der Waals surface area contributed by atoms with Crippen LogP contribution in [0.1, 0.15) is 23.0 Å². The summed E-state index contributed by atoms with van der Waals surface area (Å²) in [6, 6.07) is 12.9. The Morgan fingerprint density at radius 2 is 1.85 bits per heavy atom. The molecule has 1 aliphatic rings. The van der Waals surface area contributed by atoms with Crippen molar-refractivity contribution in [1.29, 1.82) is 0 Å². The van der Waals surface area contributed by atoms with Gasteiger partial charge in [0, 0.05) is 22.6 Å². The summed E-state index contributed by atoms with van der Waals surface area (Å²) in [6.45, 7) is 1.59. The van der Waals surface area contributed by atoms with Gasteiger partial charge in [-0.05, 0) is 36.8 Å². The van der Waals surface area contributed by atoms with Gasteiger partial charge in [-0.3, -0.25) is 9.59 Å². The number of fused-ring (bicyclic) bond motifs is 1. The van der Waals surface area contributed by atoms with Gasteiger partial charge in [0.1, 0.15) is 12.3 Å². The molecule has 1 aromatic heterocycles. The molecule has 0 spiro atoms. The highest BCUT2D eigenvalue weighted by atomic mass is 32.2. The van der Waals surface area contributed by atoms with Crippen LogP contribution in [0.4, 0.5) is 11.5 Å². The predicted molar refractivity (Wildman–Crippen MR) is 128 cm³/mol. The van der Waals surface area contributed by atoms with Crippen LogP contribution in [-0.4, -0.2) is 44.8 Å². The Kier molecular flexibility index (Phi) is 6.97. The van der Waals surface area contributed by atoms with E-state index in [2.05, 4.69) is 10.5 Å². The second-order valence-corrected chi connectivity index (χ2v) is 8.83. The number of carbonyl (C=O) groups is 2. The highest BCUT2D eigenvalue weighted by Crippen LogP contribution is 2.49. The molecular formula is C24H25N3O6S. The number of para-hydroxylation sites is 1. The molecule has 2 heterocycles. The molecule has 0 radical (unpaired) electrons. The fourth-order valence-electron chi connectivity index (χ4n) is 3.78. The number of carbonyl (C=O) groups excluding carboxylic acids is 2. The zero-order valence-electron chi connectivity index (χ0n) is 19.3. The standard InChI is InChI=1S/C24H25N3O6S/c1-14-9-21(26-33-14)25-22(28)13-27-16-7-5-6-8-19(16)34-20(12-23(27)29)15-10-17(30-2)24(32-4)18(11-15)31-3/h5-11,20H,12-13H2,1-4H3,(H,25,26,28). The Labute approximate surface area is 201 Å². The number of aryl methyl sites for hydroxylation is 1. The lowest BCUT2D eigenvalue weighted by Crippen LogP contribution is -2.38. The first-order chi connectivity index (χ1) is 16.4. The number of methoxy groups -OCH3 is 3. The third-order valence-corrected chi connectivity index (χ3v) is 6.66. The Morgan fingerprint density at radius 3 is 2.47 bits per heavy atom. The third-order valence-electron chi connectivity index (χ3n) is 5.34. The lowest BCUT2D eigenvalue weighted by molar-refractivity contribution is -0.121. The first-order valence-electron chi connectivity index (χ1n) is 10.5. The molecule has 0 bridgehead atoms. The van der Waals surface area contributed by atoms with Gasteiger partial charge in [0.25, 0.3) is 0 Å². The molecule has 0 fully saturated rings. The molecule has 3 aromatic rings. The SMILES string of the molecule is COc1cc(C2CC(=O)N(CC(=O)Nc3cc(C)on3)c3ccccc3S2)cc(OC)c1OC. The van der Waals surface area contributed by atoms with Gasteiger partial charge >= 0.3 is 0 Å². The second-order valence-electron chi connectivity index (χ2n) is 7.59. The smallest absolute Gasteiger partial charge is 0.245 e. The Morgan fingerprint density at radius 1 is 1.15 bits per heavy atom. The number of rotatable bonds is 7. The number of aromatic nitrogens is 1. The van der Waals surface area contributed by atoms with E-state index in [0.29, 0.717) is 34.5 Å². The van der Waals surface area contributed by atoms with Crippen molar-refractivity contribution in [3.8, 4) is 17.2 Å². The van der Waals surface area contributed by atoms with Gasteiger partial charge in [0.15, 0.2) is 17.3 Å². The fourth-order valence-corrected chi connectivity index (χ4v) is 5.04. The molecule has 4 rings (SSSR count). The summed E-state index contributed by atoms with van der Waals surface area (Å²) in [4.78, 5) is 28.5. The van der Waals surface area contributed by atoms with E-state index in [4.69, 9.17) is 18.7 Å². The Balaban J connectivity index is 1.64. The van der Waals surface area contributed by atoms with Crippen LogP contribution < -0.4 is 24.4 Å². The van der Waals surface area contributed by atoms with Crippen LogP contribution >= 0.6 is 11.8 Å². The zero-order chi connectivity index (χ0) is 24.2. The van der Waals surface area contributed by atoms with E-state index in [1.165, 1.54) is 4.90 Å². The number of ether oxygens (including phenoxy) is 3. The van der Waals surface area contributed by atoms with Crippen molar-refractivity contribution in [3.63, 3.8) is 0 Å². The van der Waals surface area contributed by atoms with E-state index in [9.17, 15) is 9.59 Å². The van der Waals surface area contributed by atoms with Crippen molar-refractivity contribution in [1.82, 2.24) is 5.16 Å². The maximum absolute atomic E-state index is 13.4. The van der Waals surface area contributed by atoms with Crippen LogP contribution in [0.2, 0.25) is 0 Å². The molecule has 0 saturated carbocycles. The molecule has 1 unspecified atom stereocenters. The van der Waals surface area contributed by atoms with Gasteiger partial charge in [-0.2, -0.15) is 0 Å². The topological polar surface area (TPSA) is 103 Å². The van der Waals surface area contributed by atoms with E-state index in [1.54, 1.807) is 46.1 Å². The van der Waals surface area contributed by atoms with Crippen LogP contribution in [0.3, 0.4) is 0 Å². The van der Waals surface area contributed by atoms with Crippen molar-refractivity contribution >= 4 is 35.1 Å². The van der Waals surface area contributed by atoms with Crippen LogP contribution in [0.25, 0.3) is 0 Å². The average molecular weight is 484 g/mol. The number of amides is 2. The van der Waals surface area contributed by atoms with Gasteiger partial charge in [-0.15, -0.1) is 11.8 Å². The lowest BCUT2D eigenvalue weighted by Gasteiger charge is -2.22. The summed E-state index contributed by atoms with van der Waals surface area (Å²) >= 11 is 1.55. The highest BCUT2D eigenvalue weighted by Gasteiger charge is 2.31. The van der Waals surface area contributed by atoms with Crippen molar-refractivity contribution in [3.05, 3.63) is 53.8 Å². The van der Waals surface area contributed by atoms with E-state index in [-0.39, 0.29) is 30.0 Å². The summed E-state index contributed by atoms with van der Waals surface area (Å²) in [6.07, 6.45) is 0.175. The second kappa shape index (κ2) is 10.1. The minimum absolute atomic E-state index is 0.149. The summed E-state index contributed by atoms with van der Waals surface area (Å²) in [5, 5.41) is 6.23. The Hall–Kier alpha value is -3.66. The lowest BCUT2D eigenvalue weighted by atomic mass is 10.1. The normalized spacial score (nSPS) is 15.4. The third kappa shape index (κ3) is 4.81. The van der Waals surface area contributed by atoms with E-state index < -0.39 is 0 Å². The average Bonchev–Trinajstić information content (AvgIpc) is 3.19. The van der Waals surface area contributed by atoms with Crippen molar-refractivity contribution in [2.75, 3.05) is 38.1 Å². The van der Waals surface area contributed by atoms with Gasteiger partial charge in [-0.1, -0.05) is 17.3 Å². The van der Waals surface area contributed by atoms with Crippen LogP contribution in [0.5, 0.6) is 17.2 Å². The fraction of sp³-hybridized carbons (Fsp3) is 0.292. The summed E-state index contributed by atoms with van der Waals surface area (Å²) < 4.78 is 21.4. The maximum atomic E-state index is 13.4. The quantitative estimate of drug-likeness (QED) is 0.533. The first-order valence-corrected chi connectivity index (χ1v) is 11.4. The van der Waals surface area contributed by atoms with Crippen LogP contribution in [0.15, 0.2) is 51.9 Å². The van der Waals surface area contributed by atoms with E-state index in [0.717, 1.165) is 10.5 Å². The number of thioether (sulfide) groups is 1. The number of nitrogens with zero attached hydrogens (tertiary/aromatic N) is 2. The molecule has 1 aliphatic heterocycles. The van der Waals surface area contributed by atoms with Crippen molar-refractivity contribution < 1.29 is 28.3 Å². The number of benzene rings is 2. The van der Waals surface area contributed by atoms with Gasteiger partial charge < -0.3 is 29.0 Å². The summed E-state index contributed by atoms with van der Waals surface area (Å²) in [5.74, 6) is 1.86. The van der Waals surface area contributed by atoms with Crippen LogP contribution in [0, 0.1) is 6.92 Å².